The van der Waals surface area contributed by atoms with E-state index in [9.17, 15) is 23.1 Å². The van der Waals surface area contributed by atoms with Gasteiger partial charge in [-0.15, -0.1) is 5.10 Å². The number of benzene rings is 1. The van der Waals surface area contributed by atoms with Gasteiger partial charge in [-0.1, -0.05) is 5.21 Å². The van der Waals surface area contributed by atoms with E-state index in [-0.39, 0.29) is 11.5 Å². The molecule has 23 heavy (non-hydrogen) atoms. The van der Waals surface area contributed by atoms with Gasteiger partial charge in [0, 0.05) is 0 Å². The van der Waals surface area contributed by atoms with Crippen molar-refractivity contribution in [3.63, 3.8) is 0 Å². The average Bonchev–Trinajstić information content (AvgIpc) is 3.00. The molecular formula is C15H10F3N3O2. The van der Waals surface area contributed by atoms with Crippen molar-refractivity contribution < 1.29 is 23.1 Å². The number of halogens is 3. The molecule has 0 spiro atoms. The summed E-state index contributed by atoms with van der Waals surface area (Å²) in [7, 11) is 0. The van der Waals surface area contributed by atoms with E-state index in [2.05, 4.69) is 10.3 Å². The number of alkyl halides is 3. The molecule has 5 nitrogen and oxygen atoms in total. The summed E-state index contributed by atoms with van der Waals surface area (Å²) in [6, 6.07) is 4.37. The van der Waals surface area contributed by atoms with Crippen molar-refractivity contribution in [1.29, 1.82) is 0 Å². The quantitative estimate of drug-likeness (QED) is 0.920. The molecule has 118 valence electrons. The van der Waals surface area contributed by atoms with Gasteiger partial charge in [-0.25, -0.2) is 4.68 Å². The molecule has 0 atom stereocenters. The van der Waals surface area contributed by atoms with Crippen LogP contribution in [0.25, 0.3) is 5.69 Å². The van der Waals surface area contributed by atoms with Gasteiger partial charge in [-0.2, -0.15) is 13.2 Å². The smallest absolute Gasteiger partial charge is 0.376 e. The lowest BCUT2D eigenvalue weighted by atomic mass is 9.95. The molecule has 1 aromatic carbocycles. The molecule has 0 saturated heterocycles. The predicted octanol–water partition coefficient (Wildman–Crippen LogP) is 2.17. The maximum Gasteiger partial charge on any atom is 0.416 e. The van der Waals surface area contributed by atoms with E-state index in [1.54, 1.807) is 0 Å². The molecule has 0 aliphatic heterocycles. The van der Waals surface area contributed by atoms with E-state index in [1.807, 2.05) is 0 Å². The van der Waals surface area contributed by atoms with Crippen molar-refractivity contribution in [1.82, 2.24) is 15.0 Å². The predicted molar refractivity (Wildman–Crippen MR) is 73.5 cm³/mol. The third kappa shape index (κ3) is 2.93. The van der Waals surface area contributed by atoms with E-state index in [4.69, 9.17) is 0 Å². The molecule has 1 aliphatic carbocycles. The number of aliphatic hydroxyl groups is 1. The van der Waals surface area contributed by atoms with E-state index in [1.165, 1.54) is 47.3 Å². The summed E-state index contributed by atoms with van der Waals surface area (Å²) in [6.07, 6.45) is 1.93. The van der Waals surface area contributed by atoms with Gasteiger partial charge in [-0.05, 0) is 48.6 Å². The second-order valence-corrected chi connectivity index (χ2v) is 4.99. The Morgan fingerprint density at radius 3 is 2.26 bits per heavy atom. The highest BCUT2D eigenvalue weighted by atomic mass is 19.4. The third-order valence-corrected chi connectivity index (χ3v) is 3.37. The van der Waals surface area contributed by atoms with Crippen LogP contribution in [-0.4, -0.2) is 25.9 Å². The van der Waals surface area contributed by atoms with Gasteiger partial charge in [0.1, 0.15) is 11.3 Å². The monoisotopic (exact) mass is 321 g/mol. The van der Waals surface area contributed by atoms with Crippen LogP contribution in [-0.2, 0) is 16.6 Å². The van der Waals surface area contributed by atoms with E-state index in [0.29, 0.717) is 5.69 Å². The van der Waals surface area contributed by atoms with Crippen LogP contribution in [0.2, 0.25) is 0 Å². The Hall–Kier alpha value is -2.74. The minimum atomic E-state index is -4.41. The van der Waals surface area contributed by atoms with Crippen LogP contribution in [0.3, 0.4) is 0 Å². The zero-order valence-electron chi connectivity index (χ0n) is 11.5. The molecule has 0 radical (unpaired) electrons. The van der Waals surface area contributed by atoms with E-state index < -0.39 is 17.3 Å². The van der Waals surface area contributed by atoms with Crippen LogP contribution in [0.4, 0.5) is 13.2 Å². The van der Waals surface area contributed by atoms with Crippen LogP contribution < -0.4 is 0 Å². The lowest BCUT2D eigenvalue weighted by Crippen LogP contribution is -2.23. The van der Waals surface area contributed by atoms with Gasteiger partial charge in [0.15, 0.2) is 5.78 Å². The molecule has 8 heteroatoms. The van der Waals surface area contributed by atoms with E-state index in [0.717, 1.165) is 12.1 Å². The van der Waals surface area contributed by atoms with Gasteiger partial charge in [0.25, 0.3) is 0 Å². The van der Waals surface area contributed by atoms with Crippen molar-refractivity contribution >= 4 is 5.78 Å². The molecule has 0 saturated carbocycles. The van der Waals surface area contributed by atoms with Crippen molar-refractivity contribution in [2.45, 2.75) is 11.8 Å². The van der Waals surface area contributed by atoms with Crippen molar-refractivity contribution in [2.75, 3.05) is 0 Å². The number of hydrogen-bond donors (Lipinski definition) is 1. The summed E-state index contributed by atoms with van der Waals surface area (Å²) in [5.74, 6) is -0.259. The zero-order valence-corrected chi connectivity index (χ0v) is 11.5. The van der Waals surface area contributed by atoms with Crippen molar-refractivity contribution in [2.24, 2.45) is 0 Å². The lowest BCUT2D eigenvalue weighted by molar-refractivity contribution is -0.137. The molecule has 0 amide bonds. The Kier molecular flexibility index (Phi) is 3.41. The molecule has 3 rings (SSSR count). The van der Waals surface area contributed by atoms with E-state index >= 15 is 0 Å². The van der Waals surface area contributed by atoms with Gasteiger partial charge >= 0.3 is 6.18 Å². The molecule has 1 aliphatic rings. The maximum absolute atomic E-state index is 12.5. The number of carbonyl (C=O) groups excluding carboxylic acids is 1. The summed E-state index contributed by atoms with van der Waals surface area (Å²) in [5, 5.41) is 18.0. The number of hydrogen-bond acceptors (Lipinski definition) is 4. The minimum Gasteiger partial charge on any atom is -0.376 e. The Labute approximate surface area is 128 Å². The second kappa shape index (κ2) is 5.17. The number of allylic oxidation sites excluding steroid dienone is 2. The largest absolute Gasteiger partial charge is 0.416 e. The molecule has 1 N–H and O–H groups in total. The first kappa shape index (κ1) is 15.2. The van der Waals surface area contributed by atoms with Crippen molar-refractivity contribution in [3.8, 4) is 5.69 Å². The first-order valence-corrected chi connectivity index (χ1v) is 6.53. The summed E-state index contributed by atoms with van der Waals surface area (Å²) in [4.78, 5) is 11.1. The molecule has 0 fully saturated rings. The Bertz CT molecular complexity index is 788. The summed E-state index contributed by atoms with van der Waals surface area (Å²) in [5.41, 5.74) is -1.83. The van der Waals surface area contributed by atoms with Crippen LogP contribution >= 0.6 is 0 Å². The van der Waals surface area contributed by atoms with Gasteiger partial charge in [0.2, 0.25) is 0 Å². The normalized spacial score (nSPS) is 16.8. The van der Waals surface area contributed by atoms with Crippen LogP contribution in [0, 0.1) is 0 Å². The first-order valence-electron chi connectivity index (χ1n) is 6.53. The highest BCUT2D eigenvalue weighted by Crippen LogP contribution is 2.30. The van der Waals surface area contributed by atoms with Gasteiger partial charge in [0.05, 0.1) is 17.4 Å². The number of nitrogens with zero attached hydrogens (tertiary/aromatic N) is 3. The SMILES string of the molecule is O=C1C=CC(O)(c2cn(-c3ccc(C(F)(F)F)cc3)nn2)C=C1. The molecule has 2 aromatic rings. The molecule has 0 bridgehead atoms. The summed E-state index contributed by atoms with van der Waals surface area (Å²) < 4.78 is 38.9. The molecular weight excluding hydrogens is 311 g/mol. The van der Waals surface area contributed by atoms with Crippen molar-refractivity contribution in [3.05, 3.63) is 66.0 Å². The highest BCUT2D eigenvalue weighted by Gasteiger charge is 2.31. The zero-order chi connectivity index (χ0) is 16.7. The lowest BCUT2D eigenvalue weighted by Gasteiger charge is -2.18. The fourth-order valence-corrected chi connectivity index (χ4v) is 2.08. The Morgan fingerprint density at radius 1 is 1.09 bits per heavy atom. The third-order valence-electron chi connectivity index (χ3n) is 3.37. The van der Waals surface area contributed by atoms with Gasteiger partial charge in [-0.3, -0.25) is 4.79 Å². The average molecular weight is 321 g/mol. The first-order chi connectivity index (χ1) is 10.8. The summed E-state index contributed by atoms with van der Waals surface area (Å²) in [6.45, 7) is 0. The van der Waals surface area contributed by atoms with Crippen LogP contribution in [0.15, 0.2) is 54.8 Å². The number of rotatable bonds is 2. The topological polar surface area (TPSA) is 68.0 Å². The number of ketones is 1. The second-order valence-electron chi connectivity index (χ2n) is 4.99. The molecule has 0 unspecified atom stereocenters. The maximum atomic E-state index is 12.5. The molecule has 1 heterocycles. The van der Waals surface area contributed by atoms with Crippen LogP contribution in [0.1, 0.15) is 11.3 Å². The number of carbonyl (C=O) groups is 1. The summed E-state index contributed by atoms with van der Waals surface area (Å²) >= 11 is 0. The standard InChI is InChI=1S/C15H10F3N3O2/c16-15(17,18)10-1-3-11(4-2-10)21-9-13(19-20-21)14(23)7-5-12(22)6-8-14/h1-9,23H. The van der Waals surface area contributed by atoms with Gasteiger partial charge < -0.3 is 5.11 Å². The minimum absolute atomic E-state index is 0.150. The fraction of sp³-hybridized carbons (Fsp3) is 0.133. The Morgan fingerprint density at radius 2 is 1.70 bits per heavy atom. The number of aromatic nitrogens is 3. The highest BCUT2D eigenvalue weighted by molar-refractivity contribution is 6.00. The fourth-order valence-electron chi connectivity index (χ4n) is 2.08. The molecule has 1 aromatic heterocycles. The van der Waals surface area contributed by atoms with Crippen LogP contribution in [0.5, 0.6) is 0 Å². The Balaban J connectivity index is 1.89.